The van der Waals surface area contributed by atoms with Gasteiger partial charge in [-0.3, -0.25) is 4.79 Å². The van der Waals surface area contributed by atoms with Crippen LogP contribution < -0.4 is 15.4 Å². The van der Waals surface area contributed by atoms with Crippen LogP contribution in [0.2, 0.25) is 5.02 Å². The molecule has 1 atom stereocenters. The quantitative estimate of drug-likeness (QED) is 0.537. The lowest BCUT2D eigenvalue weighted by atomic mass is 10.3. The molecule has 7 nitrogen and oxygen atoms in total. The Morgan fingerprint density at radius 3 is 2.50 bits per heavy atom. The van der Waals surface area contributed by atoms with Crippen LogP contribution in [0.4, 0.5) is 0 Å². The third-order valence-corrected chi connectivity index (χ3v) is 5.82. The zero-order valence-electron chi connectivity index (χ0n) is 14.7. The molecule has 1 aliphatic rings. The molecular formula is C16H26Cl2N4O3S. The number of carbonyl (C=O) groups is 1. The molecule has 0 bridgehead atoms. The zero-order chi connectivity index (χ0) is 18.3. The van der Waals surface area contributed by atoms with Crippen molar-refractivity contribution in [2.45, 2.75) is 24.3 Å². The third-order valence-electron chi connectivity index (χ3n) is 4.01. The van der Waals surface area contributed by atoms with E-state index in [1.54, 1.807) is 0 Å². The fraction of sp³-hybridized carbons (Fsp3) is 0.562. The monoisotopic (exact) mass is 424 g/mol. The number of rotatable bonds is 8. The van der Waals surface area contributed by atoms with Crippen molar-refractivity contribution >= 4 is 39.9 Å². The topological polar surface area (TPSA) is 90.5 Å². The SMILES string of the molecule is CC(NS(=O)(=O)c1ccc(Cl)cc1)C(=O)NCCCN1CCNCC1.Cl. The van der Waals surface area contributed by atoms with Gasteiger partial charge in [-0.1, -0.05) is 11.6 Å². The van der Waals surface area contributed by atoms with E-state index < -0.39 is 16.1 Å². The second-order valence-corrected chi connectivity index (χ2v) is 8.18. The predicted octanol–water partition coefficient (Wildman–Crippen LogP) is 0.840. The van der Waals surface area contributed by atoms with E-state index in [2.05, 4.69) is 20.3 Å². The molecule has 0 radical (unpaired) electrons. The van der Waals surface area contributed by atoms with Crippen LogP contribution in [0, 0.1) is 0 Å². The van der Waals surface area contributed by atoms with Gasteiger partial charge in [-0.15, -0.1) is 12.4 Å². The summed E-state index contributed by atoms with van der Waals surface area (Å²) in [6, 6.07) is 4.96. The summed E-state index contributed by atoms with van der Waals surface area (Å²) in [6.45, 7) is 7.00. The maximum absolute atomic E-state index is 12.2. The molecule has 1 saturated heterocycles. The molecular weight excluding hydrogens is 399 g/mol. The molecule has 148 valence electrons. The minimum atomic E-state index is -3.75. The summed E-state index contributed by atoms with van der Waals surface area (Å²) >= 11 is 5.76. The van der Waals surface area contributed by atoms with E-state index in [1.807, 2.05) is 0 Å². The van der Waals surface area contributed by atoms with Gasteiger partial charge in [-0.25, -0.2) is 8.42 Å². The molecule has 0 spiro atoms. The van der Waals surface area contributed by atoms with Crippen LogP contribution in [0.25, 0.3) is 0 Å². The molecule has 26 heavy (non-hydrogen) atoms. The number of hydrogen-bond donors (Lipinski definition) is 3. The highest BCUT2D eigenvalue weighted by atomic mass is 35.5. The highest BCUT2D eigenvalue weighted by Gasteiger charge is 2.21. The summed E-state index contributed by atoms with van der Waals surface area (Å²) in [5.41, 5.74) is 0. The van der Waals surface area contributed by atoms with Gasteiger partial charge < -0.3 is 15.5 Å². The lowest BCUT2D eigenvalue weighted by Crippen LogP contribution is -2.46. The number of halogens is 2. The first kappa shape index (κ1) is 23.1. The number of benzene rings is 1. The number of nitrogens with one attached hydrogen (secondary N) is 3. The molecule has 1 unspecified atom stereocenters. The van der Waals surface area contributed by atoms with Crippen molar-refractivity contribution in [1.29, 1.82) is 0 Å². The number of nitrogens with zero attached hydrogens (tertiary/aromatic N) is 1. The Bertz CT molecular complexity index is 665. The van der Waals surface area contributed by atoms with Gasteiger partial charge in [-0.05, 0) is 44.2 Å². The second kappa shape index (κ2) is 11.1. The number of sulfonamides is 1. The van der Waals surface area contributed by atoms with Gasteiger partial charge in [0.05, 0.1) is 10.9 Å². The lowest BCUT2D eigenvalue weighted by Gasteiger charge is -2.27. The summed E-state index contributed by atoms with van der Waals surface area (Å²) in [6.07, 6.45) is 0.836. The van der Waals surface area contributed by atoms with Crippen LogP contribution in [0.5, 0.6) is 0 Å². The molecule has 1 fully saturated rings. The van der Waals surface area contributed by atoms with Crippen molar-refractivity contribution < 1.29 is 13.2 Å². The van der Waals surface area contributed by atoms with E-state index in [-0.39, 0.29) is 23.2 Å². The Morgan fingerprint density at radius 1 is 1.27 bits per heavy atom. The van der Waals surface area contributed by atoms with E-state index in [1.165, 1.54) is 31.2 Å². The lowest BCUT2D eigenvalue weighted by molar-refractivity contribution is -0.122. The second-order valence-electron chi connectivity index (χ2n) is 6.03. The summed E-state index contributed by atoms with van der Waals surface area (Å²) in [7, 11) is -3.75. The summed E-state index contributed by atoms with van der Waals surface area (Å²) in [5, 5.41) is 6.52. The minimum absolute atomic E-state index is 0. The van der Waals surface area contributed by atoms with Crippen LogP contribution in [0.3, 0.4) is 0 Å². The van der Waals surface area contributed by atoms with Crippen molar-refractivity contribution in [3.8, 4) is 0 Å². The first-order chi connectivity index (χ1) is 11.9. The molecule has 1 aromatic rings. The first-order valence-electron chi connectivity index (χ1n) is 8.37. The van der Waals surface area contributed by atoms with Crippen molar-refractivity contribution in [1.82, 2.24) is 20.3 Å². The van der Waals surface area contributed by atoms with Gasteiger partial charge >= 0.3 is 0 Å². The smallest absolute Gasteiger partial charge is 0.241 e. The molecule has 1 heterocycles. The maximum atomic E-state index is 12.2. The van der Waals surface area contributed by atoms with Crippen LogP contribution >= 0.6 is 24.0 Å². The van der Waals surface area contributed by atoms with Crippen LogP contribution in [-0.4, -0.2) is 64.5 Å². The average molecular weight is 425 g/mol. The Balaban J connectivity index is 0.00000338. The summed E-state index contributed by atoms with van der Waals surface area (Å²) in [5.74, 6) is -0.335. The van der Waals surface area contributed by atoms with E-state index in [4.69, 9.17) is 11.6 Å². The average Bonchev–Trinajstić information content (AvgIpc) is 2.59. The summed E-state index contributed by atoms with van der Waals surface area (Å²) < 4.78 is 26.9. The highest BCUT2D eigenvalue weighted by Crippen LogP contribution is 2.14. The Morgan fingerprint density at radius 2 is 1.88 bits per heavy atom. The predicted molar refractivity (Wildman–Crippen MR) is 105 cm³/mol. The molecule has 0 saturated carbocycles. The van der Waals surface area contributed by atoms with E-state index in [0.29, 0.717) is 11.6 Å². The minimum Gasteiger partial charge on any atom is -0.355 e. The Hall–Kier alpha value is -0.900. The van der Waals surface area contributed by atoms with Gasteiger partial charge in [0.2, 0.25) is 15.9 Å². The van der Waals surface area contributed by atoms with Gasteiger partial charge in [0.15, 0.2) is 0 Å². The van der Waals surface area contributed by atoms with Crippen LogP contribution in [-0.2, 0) is 14.8 Å². The van der Waals surface area contributed by atoms with Crippen molar-refractivity contribution in [3.05, 3.63) is 29.3 Å². The number of hydrogen-bond acceptors (Lipinski definition) is 5. The number of amides is 1. The number of piperazine rings is 1. The van der Waals surface area contributed by atoms with E-state index in [0.717, 1.165) is 39.1 Å². The maximum Gasteiger partial charge on any atom is 0.241 e. The molecule has 2 rings (SSSR count). The van der Waals surface area contributed by atoms with Crippen molar-refractivity contribution in [2.24, 2.45) is 0 Å². The standard InChI is InChI=1S/C16H25ClN4O3S.ClH/c1-13(20-25(23,24)15-5-3-14(17)4-6-15)16(22)19-7-2-10-21-11-8-18-9-12-21;/h3-6,13,18,20H,2,7-12H2,1H3,(H,19,22);1H. The molecule has 1 amide bonds. The van der Waals surface area contributed by atoms with Crippen molar-refractivity contribution in [3.63, 3.8) is 0 Å². The third kappa shape index (κ3) is 7.38. The van der Waals surface area contributed by atoms with Crippen LogP contribution in [0.15, 0.2) is 29.2 Å². The molecule has 0 aromatic heterocycles. The highest BCUT2D eigenvalue weighted by molar-refractivity contribution is 7.89. The Labute approximate surface area is 166 Å². The normalized spacial score (nSPS) is 16.5. The fourth-order valence-corrected chi connectivity index (χ4v) is 3.90. The molecule has 10 heteroatoms. The first-order valence-corrected chi connectivity index (χ1v) is 10.2. The van der Waals surface area contributed by atoms with Gasteiger partial charge in [0.25, 0.3) is 0 Å². The largest absolute Gasteiger partial charge is 0.355 e. The van der Waals surface area contributed by atoms with E-state index >= 15 is 0 Å². The van der Waals surface area contributed by atoms with Gasteiger partial charge in [-0.2, -0.15) is 4.72 Å². The molecule has 1 aromatic carbocycles. The number of carbonyl (C=O) groups excluding carboxylic acids is 1. The van der Waals surface area contributed by atoms with Crippen LogP contribution in [0.1, 0.15) is 13.3 Å². The zero-order valence-corrected chi connectivity index (χ0v) is 17.1. The summed E-state index contributed by atoms with van der Waals surface area (Å²) in [4.78, 5) is 14.5. The van der Waals surface area contributed by atoms with Gasteiger partial charge in [0, 0.05) is 37.7 Å². The van der Waals surface area contributed by atoms with E-state index in [9.17, 15) is 13.2 Å². The Kier molecular flexibility index (Phi) is 9.84. The molecule has 3 N–H and O–H groups in total. The van der Waals surface area contributed by atoms with Gasteiger partial charge in [0.1, 0.15) is 0 Å². The fourth-order valence-electron chi connectivity index (χ4n) is 2.57. The van der Waals surface area contributed by atoms with Crippen molar-refractivity contribution in [2.75, 3.05) is 39.3 Å². The molecule has 0 aliphatic carbocycles. The molecule has 1 aliphatic heterocycles.